The Bertz CT molecular complexity index is 496. The normalized spacial score (nSPS) is 17.7. The van der Waals surface area contributed by atoms with Crippen molar-refractivity contribution in [3.8, 4) is 11.5 Å². The molecule has 5 nitrogen and oxygen atoms in total. The molecule has 1 amide bonds. The second-order valence-electron chi connectivity index (χ2n) is 5.69. The summed E-state index contributed by atoms with van der Waals surface area (Å²) >= 11 is 0. The number of aromatic hydroxyl groups is 2. The second-order valence-corrected chi connectivity index (χ2v) is 5.69. The first-order chi connectivity index (χ1) is 10.0. The number of carbonyl (C=O) groups excluding carboxylic acids is 1. The van der Waals surface area contributed by atoms with E-state index < -0.39 is 0 Å². The van der Waals surface area contributed by atoms with Gasteiger partial charge in [0.05, 0.1) is 0 Å². The van der Waals surface area contributed by atoms with Gasteiger partial charge in [-0.25, -0.2) is 0 Å². The van der Waals surface area contributed by atoms with Crippen LogP contribution < -0.4 is 0 Å². The summed E-state index contributed by atoms with van der Waals surface area (Å²) in [6.07, 6.45) is 0.570. The Hall–Kier alpha value is -1.75. The van der Waals surface area contributed by atoms with E-state index >= 15 is 0 Å². The fourth-order valence-corrected chi connectivity index (χ4v) is 2.73. The average molecular weight is 292 g/mol. The summed E-state index contributed by atoms with van der Waals surface area (Å²) in [5.41, 5.74) is 0.860. The maximum Gasteiger partial charge on any atom is 0.225 e. The molecule has 116 valence electrons. The molecule has 1 fully saturated rings. The highest BCUT2D eigenvalue weighted by molar-refractivity contribution is 5.79. The minimum absolute atomic E-state index is 0.123. The Labute approximate surface area is 125 Å². The van der Waals surface area contributed by atoms with E-state index in [9.17, 15) is 15.0 Å². The summed E-state index contributed by atoms with van der Waals surface area (Å²) in [6.45, 7) is 8.54. The van der Waals surface area contributed by atoms with Crippen LogP contribution in [0.15, 0.2) is 18.2 Å². The van der Waals surface area contributed by atoms with E-state index in [1.807, 2.05) is 11.8 Å². The standard InChI is InChI=1S/C16H24N2O3/c1-3-17-6-8-18(9-7-17)16(21)12(2)10-13-4-5-14(19)15(20)11-13/h4-5,11-12,19-20H,3,6-10H2,1-2H3. The Kier molecular flexibility index (Phi) is 5.07. The van der Waals surface area contributed by atoms with Gasteiger partial charge in [0, 0.05) is 32.1 Å². The Morgan fingerprint density at radius 2 is 1.86 bits per heavy atom. The molecule has 0 bridgehead atoms. The molecule has 1 aromatic carbocycles. The molecule has 2 N–H and O–H groups in total. The third kappa shape index (κ3) is 3.88. The van der Waals surface area contributed by atoms with Crippen molar-refractivity contribution in [2.45, 2.75) is 20.3 Å². The minimum Gasteiger partial charge on any atom is -0.504 e. The van der Waals surface area contributed by atoms with E-state index in [4.69, 9.17) is 0 Å². The first-order valence-electron chi connectivity index (χ1n) is 7.53. The lowest BCUT2D eigenvalue weighted by Crippen LogP contribution is -2.50. The fraction of sp³-hybridized carbons (Fsp3) is 0.562. The van der Waals surface area contributed by atoms with E-state index in [2.05, 4.69) is 11.8 Å². The summed E-state index contributed by atoms with van der Waals surface area (Å²) in [4.78, 5) is 16.7. The average Bonchev–Trinajstić information content (AvgIpc) is 2.50. The number of amides is 1. The number of hydrogen-bond acceptors (Lipinski definition) is 4. The highest BCUT2D eigenvalue weighted by Crippen LogP contribution is 2.26. The van der Waals surface area contributed by atoms with Gasteiger partial charge >= 0.3 is 0 Å². The SMILES string of the molecule is CCN1CCN(C(=O)C(C)Cc2ccc(O)c(O)c2)CC1. The molecule has 1 heterocycles. The summed E-state index contributed by atoms with van der Waals surface area (Å²) < 4.78 is 0. The number of piperazine rings is 1. The number of likely N-dealkylation sites (N-methyl/N-ethyl adjacent to an activating group) is 1. The summed E-state index contributed by atoms with van der Waals surface area (Å²) in [6, 6.07) is 4.73. The van der Waals surface area contributed by atoms with Crippen LogP contribution in [-0.2, 0) is 11.2 Å². The first kappa shape index (κ1) is 15.6. The summed E-state index contributed by atoms with van der Waals surface area (Å²) in [5.74, 6) is -0.224. The fourth-order valence-electron chi connectivity index (χ4n) is 2.73. The summed E-state index contributed by atoms with van der Waals surface area (Å²) in [5, 5.41) is 18.8. The van der Waals surface area contributed by atoms with Gasteiger partial charge in [-0.3, -0.25) is 4.79 Å². The molecule has 0 aliphatic carbocycles. The molecule has 2 rings (SSSR count). The van der Waals surface area contributed by atoms with E-state index in [0.29, 0.717) is 6.42 Å². The van der Waals surface area contributed by atoms with Gasteiger partial charge in [0.15, 0.2) is 11.5 Å². The maximum atomic E-state index is 12.4. The van der Waals surface area contributed by atoms with E-state index in [-0.39, 0.29) is 23.3 Å². The second kappa shape index (κ2) is 6.80. The van der Waals surface area contributed by atoms with Crippen LogP contribution in [0.5, 0.6) is 11.5 Å². The van der Waals surface area contributed by atoms with Crippen LogP contribution in [0.25, 0.3) is 0 Å². The molecule has 21 heavy (non-hydrogen) atoms. The van der Waals surface area contributed by atoms with Crippen LogP contribution in [0.1, 0.15) is 19.4 Å². The third-order valence-electron chi connectivity index (χ3n) is 4.13. The lowest BCUT2D eigenvalue weighted by atomic mass is 9.99. The van der Waals surface area contributed by atoms with Crippen molar-refractivity contribution < 1.29 is 15.0 Å². The largest absolute Gasteiger partial charge is 0.504 e. The van der Waals surface area contributed by atoms with Crippen LogP contribution in [0, 0.1) is 5.92 Å². The maximum absolute atomic E-state index is 12.4. The van der Waals surface area contributed by atoms with Crippen LogP contribution >= 0.6 is 0 Å². The number of phenolic OH excluding ortho intramolecular Hbond substituents is 2. The van der Waals surface area contributed by atoms with Gasteiger partial charge < -0.3 is 20.0 Å². The van der Waals surface area contributed by atoms with Gasteiger partial charge in [-0.05, 0) is 30.7 Å². The van der Waals surface area contributed by atoms with Crippen LogP contribution in [0.3, 0.4) is 0 Å². The van der Waals surface area contributed by atoms with Gasteiger partial charge in [-0.15, -0.1) is 0 Å². The molecule has 0 saturated carbocycles. The van der Waals surface area contributed by atoms with Crippen LogP contribution in [0.4, 0.5) is 0 Å². The molecule has 1 aliphatic rings. The highest BCUT2D eigenvalue weighted by atomic mass is 16.3. The number of phenols is 2. The quantitative estimate of drug-likeness (QED) is 0.824. The van der Waals surface area contributed by atoms with Crippen LogP contribution in [-0.4, -0.2) is 58.6 Å². The Morgan fingerprint density at radius 1 is 1.19 bits per heavy atom. The zero-order valence-corrected chi connectivity index (χ0v) is 12.7. The van der Waals surface area contributed by atoms with Crippen molar-refractivity contribution >= 4 is 5.91 Å². The number of nitrogens with zero attached hydrogens (tertiary/aromatic N) is 2. The number of benzene rings is 1. The lowest BCUT2D eigenvalue weighted by molar-refractivity contribution is -0.136. The van der Waals surface area contributed by atoms with E-state index in [0.717, 1.165) is 38.3 Å². The molecule has 1 unspecified atom stereocenters. The molecule has 1 saturated heterocycles. The van der Waals surface area contributed by atoms with Crippen molar-refractivity contribution in [1.82, 2.24) is 9.80 Å². The molecule has 5 heteroatoms. The number of rotatable bonds is 4. The van der Waals surface area contributed by atoms with Crippen molar-refractivity contribution in [2.24, 2.45) is 5.92 Å². The smallest absolute Gasteiger partial charge is 0.225 e. The molecule has 0 aromatic heterocycles. The molecule has 1 aromatic rings. The topological polar surface area (TPSA) is 64.0 Å². The zero-order valence-electron chi connectivity index (χ0n) is 12.7. The minimum atomic E-state index is -0.135. The molecular formula is C16H24N2O3. The number of hydrogen-bond donors (Lipinski definition) is 2. The van der Waals surface area contributed by atoms with E-state index in [1.54, 1.807) is 6.07 Å². The van der Waals surface area contributed by atoms with Gasteiger partial charge in [0.1, 0.15) is 0 Å². The predicted molar refractivity (Wildman–Crippen MR) is 81.3 cm³/mol. The Balaban J connectivity index is 1.92. The molecule has 1 aliphatic heterocycles. The van der Waals surface area contributed by atoms with Gasteiger partial charge in [0.2, 0.25) is 5.91 Å². The Morgan fingerprint density at radius 3 is 2.43 bits per heavy atom. The zero-order chi connectivity index (χ0) is 15.4. The lowest BCUT2D eigenvalue weighted by Gasteiger charge is -2.35. The molecule has 1 atom stereocenters. The first-order valence-corrected chi connectivity index (χ1v) is 7.53. The van der Waals surface area contributed by atoms with Gasteiger partial charge in [0.25, 0.3) is 0 Å². The van der Waals surface area contributed by atoms with Crippen molar-refractivity contribution in [2.75, 3.05) is 32.7 Å². The third-order valence-corrected chi connectivity index (χ3v) is 4.13. The molecular weight excluding hydrogens is 268 g/mol. The van der Waals surface area contributed by atoms with Gasteiger partial charge in [-0.2, -0.15) is 0 Å². The van der Waals surface area contributed by atoms with Crippen molar-refractivity contribution in [3.63, 3.8) is 0 Å². The van der Waals surface area contributed by atoms with Crippen molar-refractivity contribution in [1.29, 1.82) is 0 Å². The molecule has 0 radical (unpaired) electrons. The number of carbonyl (C=O) groups is 1. The van der Waals surface area contributed by atoms with Crippen LogP contribution in [0.2, 0.25) is 0 Å². The monoisotopic (exact) mass is 292 g/mol. The van der Waals surface area contributed by atoms with E-state index in [1.165, 1.54) is 12.1 Å². The van der Waals surface area contributed by atoms with Crippen molar-refractivity contribution in [3.05, 3.63) is 23.8 Å². The van der Waals surface area contributed by atoms with Gasteiger partial charge in [-0.1, -0.05) is 19.9 Å². The highest BCUT2D eigenvalue weighted by Gasteiger charge is 2.24. The molecule has 0 spiro atoms. The summed E-state index contributed by atoms with van der Waals surface area (Å²) in [7, 11) is 0. The predicted octanol–water partition coefficient (Wildman–Crippen LogP) is 1.44.